The first-order valence-corrected chi connectivity index (χ1v) is 9.20. The summed E-state index contributed by atoms with van der Waals surface area (Å²) < 4.78 is 5.52. The molecule has 5 atom stereocenters. The molecule has 1 saturated heterocycles. The summed E-state index contributed by atoms with van der Waals surface area (Å²) in [6.45, 7) is 5.57. The van der Waals surface area contributed by atoms with Crippen molar-refractivity contribution in [1.29, 1.82) is 0 Å². The van der Waals surface area contributed by atoms with Crippen molar-refractivity contribution in [3.63, 3.8) is 0 Å². The third kappa shape index (κ3) is 3.37. The Kier molecular flexibility index (Phi) is 3.78. The maximum Gasteiger partial charge on any atom is 0.411 e. The first kappa shape index (κ1) is 16.4. The third-order valence-electron chi connectivity index (χ3n) is 5.36. The quantitative estimate of drug-likeness (QED) is 0.918. The molecule has 1 heterocycles. The van der Waals surface area contributed by atoms with Crippen LogP contribution in [0.5, 0.6) is 0 Å². The third-order valence-corrected chi connectivity index (χ3v) is 5.36. The number of benzene rings is 1. The summed E-state index contributed by atoms with van der Waals surface area (Å²) in [5, 5.41) is 3.14. The van der Waals surface area contributed by atoms with Gasteiger partial charge in [0.1, 0.15) is 11.6 Å². The fourth-order valence-corrected chi connectivity index (χ4v) is 3.97. The zero-order valence-corrected chi connectivity index (χ0v) is 15.1. The Labute approximate surface area is 148 Å². The van der Waals surface area contributed by atoms with Crippen molar-refractivity contribution in [3.05, 3.63) is 35.9 Å². The molecule has 0 bridgehead atoms. The molecular weight excluding hydrogens is 316 g/mol. The second-order valence-electron chi connectivity index (χ2n) is 8.57. The molecule has 2 aliphatic carbocycles. The van der Waals surface area contributed by atoms with Crippen LogP contribution in [-0.2, 0) is 9.53 Å². The van der Waals surface area contributed by atoms with E-state index in [1.165, 1.54) is 5.56 Å². The molecule has 5 heteroatoms. The van der Waals surface area contributed by atoms with Crippen molar-refractivity contribution in [2.24, 2.45) is 5.92 Å². The van der Waals surface area contributed by atoms with Gasteiger partial charge in [-0.3, -0.25) is 9.69 Å². The number of carbonyl (C=O) groups excluding carboxylic acids is 2. The summed E-state index contributed by atoms with van der Waals surface area (Å²) in [6, 6.07) is 10.3. The summed E-state index contributed by atoms with van der Waals surface area (Å²) in [4.78, 5) is 27.0. The van der Waals surface area contributed by atoms with Crippen LogP contribution in [0, 0.1) is 5.92 Å². The molecule has 134 valence electrons. The van der Waals surface area contributed by atoms with Gasteiger partial charge in [-0.05, 0) is 51.5 Å². The Balaban J connectivity index is 1.38. The average molecular weight is 342 g/mol. The molecule has 1 N–H and O–H groups in total. The van der Waals surface area contributed by atoms with Crippen LogP contribution in [0.2, 0.25) is 0 Å². The number of hydrogen-bond acceptors (Lipinski definition) is 3. The van der Waals surface area contributed by atoms with E-state index in [4.69, 9.17) is 4.74 Å². The highest BCUT2D eigenvalue weighted by molar-refractivity contribution is 5.87. The van der Waals surface area contributed by atoms with E-state index in [2.05, 4.69) is 17.4 Å². The molecule has 1 aliphatic heterocycles. The lowest BCUT2D eigenvalue weighted by Gasteiger charge is -2.30. The van der Waals surface area contributed by atoms with Crippen LogP contribution in [-0.4, -0.2) is 40.6 Å². The van der Waals surface area contributed by atoms with Crippen molar-refractivity contribution in [1.82, 2.24) is 10.2 Å². The van der Waals surface area contributed by atoms with Crippen molar-refractivity contribution >= 4 is 12.0 Å². The minimum Gasteiger partial charge on any atom is -0.444 e. The Bertz CT molecular complexity index is 682. The minimum absolute atomic E-state index is 0.0264. The van der Waals surface area contributed by atoms with Gasteiger partial charge in [-0.25, -0.2) is 4.79 Å². The van der Waals surface area contributed by atoms with E-state index >= 15 is 0 Å². The van der Waals surface area contributed by atoms with Gasteiger partial charge in [0.15, 0.2) is 0 Å². The monoisotopic (exact) mass is 342 g/mol. The van der Waals surface area contributed by atoms with Gasteiger partial charge in [-0.15, -0.1) is 0 Å². The van der Waals surface area contributed by atoms with E-state index in [1.54, 1.807) is 4.90 Å². The van der Waals surface area contributed by atoms with Gasteiger partial charge in [-0.1, -0.05) is 30.3 Å². The Morgan fingerprint density at radius 2 is 1.84 bits per heavy atom. The number of amides is 2. The highest BCUT2D eigenvalue weighted by atomic mass is 16.6. The lowest BCUT2D eigenvalue weighted by atomic mass is 10.1. The van der Waals surface area contributed by atoms with E-state index in [0.717, 1.165) is 19.3 Å². The van der Waals surface area contributed by atoms with Crippen LogP contribution >= 0.6 is 0 Å². The van der Waals surface area contributed by atoms with Crippen LogP contribution in [0.1, 0.15) is 51.5 Å². The first-order valence-electron chi connectivity index (χ1n) is 9.20. The zero-order valence-electron chi connectivity index (χ0n) is 15.1. The molecule has 0 unspecified atom stereocenters. The number of fused-ring (bicyclic) bond motifs is 1. The summed E-state index contributed by atoms with van der Waals surface area (Å²) in [7, 11) is 0. The zero-order chi connectivity index (χ0) is 17.8. The molecule has 2 amide bonds. The van der Waals surface area contributed by atoms with E-state index in [0.29, 0.717) is 11.8 Å². The molecule has 2 saturated carbocycles. The van der Waals surface area contributed by atoms with Crippen LogP contribution in [0.15, 0.2) is 30.3 Å². The smallest absolute Gasteiger partial charge is 0.411 e. The lowest BCUT2D eigenvalue weighted by Crippen LogP contribution is -2.50. The van der Waals surface area contributed by atoms with Crippen molar-refractivity contribution in [2.45, 2.75) is 69.7 Å². The maximum atomic E-state index is 12.8. The van der Waals surface area contributed by atoms with Crippen LogP contribution < -0.4 is 5.32 Å². The number of likely N-dealkylation sites (tertiary alicyclic amines) is 1. The predicted molar refractivity (Wildman–Crippen MR) is 94.1 cm³/mol. The highest BCUT2D eigenvalue weighted by Crippen LogP contribution is 2.49. The van der Waals surface area contributed by atoms with Crippen LogP contribution in [0.25, 0.3) is 0 Å². The molecule has 4 rings (SSSR count). The molecule has 1 aromatic rings. The molecular formula is C20H26N2O3. The second kappa shape index (κ2) is 5.75. The van der Waals surface area contributed by atoms with Gasteiger partial charge < -0.3 is 10.1 Å². The molecule has 1 aromatic carbocycles. The molecule has 3 aliphatic rings. The van der Waals surface area contributed by atoms with Gasteiger partial charge in [-0.2, -0.15) is 0 Å². The van der Waals surface area contributed by atoms with Gasteiger partial charge in [0.25, 0.3) is 0 Å². The standard InChI is InChI=1S/C20H26N2O3/c1-20(2,3)25-19(24)22-16-9-13(16)10-17(22)18(23)21-15-11-14(15)12-7-5-4-6-8-12/h4-8,13-17H,9-11H2,1-3H3,(H,21,23)/t13-,14-,15+,16-,17+/m1/s1. The average Bonchev–Trinajstić information content (AvgIpc) is 3.44. The second-order valence-corrected chi connectivity index (χ2v) is 8.57. The Hall–Kier alpha value is -2.04. The van der Waals surface area contributed by atoms with E-state index < -0.39 is 5.60 Å². The minimum atomic E-state index is -0.542. The Morgan fingerprint density at radius 1 is 1.12 bits per heavy atom. The molecule has 3 fully saturated rings. The highest BCUT2D eigenvalue weighted by Gasteiger charge is 2.57. The lowest BCUT2D eigenvalue weighted by molar-refractivity contribution is -0.126. The van der Waals surface area contributed by atoms with Crippen LogP contribution in [0.4, 0.5) is 4.79 Å². The number of nitrogens with zero attached hydrogens (tertiary/aromatic N) is 1. The SMILES string of the molecule is CC(C)(C)OC(=O)N1[C@@H]2C[C@@H]2C[C@H]1C(=O)N[C@H]1C[C@@H]1c1ccccc1. The number of rotatable bonds is 3. The van der Waals surface area contributed by atoms with Crippen molar-refractivity contribution < 1.29 is 14.3 Å². The predicted octanol–water partition coefficient (Wildman–Crippen LogP) is 3.06. The normalized spacial score (nSPS) is 32.8. The summed E-state index contributed by atoms with van der Waals surface area (Å²) >= 11 is 0. The molecule has 0 radical (unpaired) electrons. The number of carbonyl (C=O) groups is 2. The van der Waals surface area contributed by atoms with Crippen molar-refractivity contribution in [2.75, 3.05) is 0 Å². The molecule has 25 heavy (non-hydrogen) atoms. The topological polar surface area (TPSA) is 58.6 Å². The van der Waals surface area contributed by atoms with Crippen molar-refractivity contribution in [3.8, 4) is 0 Å². The van der Waals surface area contributed by atoms with Crippen LogP contribution in [0.3, 0.4) is 0 Å². The molecule has 0 aromatic heterocycles. The number of piperidine rings is 1. The van der Waals surface area contributed by atoms with E-state index in [1.807, 2.05) is 39.0 Å². The van der Waals surface area contributed by atoms with E-state index in [9.17, 15) is 9.59 Å². The molecule has 0 spiro atoms. The van der Waals surface area contributed by atoms with Gasteiger partial charge >= 0.3 is 6.09 Å². The summed E-state index contributed by atoms with van der Waals surface area (Å²) in [5.41, 5.74) is 0.728. The van der Waals surface area contributed by atoms with E-state index in [-0.39, 0.29) is 30.1 Å². The number of nitrogens with one attached hydrogen (secondary N) is 1. The first-order chi connectivity index (χ1) is 11.8. The van der Waals surface area contributed by atoms with Gasteiger partial charge in [0, 0.05) is 18.0 Å². The maximum absolute atomic E-state index is 12.8. The number of ether oxygens (including phenoxy) is 1. The summed E-state index contributed by atoms with van der Waals surface area (Å²) in [5.74, 6) is 0.838. The van der Waals surface area contributed by atoms with Gasteiger partial charge in [0.2, 0.25) is 5.91 Å². The Morgan fingerprint density at radius 3 is 2.52 bits per heavy atom. The fourth-order valence-electron chi connectivity index (χ4n) is 3.97. The van der Waals surface area contributed by atoms with Gasteiger partial charge in [0.05, 0.1) is 0 Å². The molecule has 5 nitrogen and oxygen atoms in total. The largest absolute Gasteiger partial charge is 0.444 e. The summed E-state index contributed by atoms with van der Waals surface area (Å²) in [6.07, 6.45) is 2.38. The number of hydrogen-bond donors (Lipinski definition) is 1. The fraction of sp³-hybridized carbons (Fsp3) is 0.600.